The molecule has 3 aliphatic rings. The zero-order valence-corrected chi connectivity index (χ0v) is 19.6. The number of rotatable bonds is 2. The van der Waals surface area contributed by atoms with Gasteiger partial charge < -0.3 is 9.64 Å². The highest BCUT2D eigenvalue weighted by Gasteiger charge is 2.67. The Morgan fingerprint density at radius 1 is 1.11 bits per heavy atom. The number of carbonyl (C=O) groups excluding carboxylic acids is 2. The molecule has 3 aromatic carbocycles. The molecule has 1 amide bonds. The van der Waals surface area contributed by atoms with E-state index < -0.39 is 23.2 Å². The lowest BCUT2D eigenvalue weighted by molar-refractivity contribution is -0.134. The van der Waals surface area contributed by atoms with Crippen molar-refractivity contribution in [1.82, 2.24) is 5.01 Å². The summed E-state index contributed by atoms with van der Waals surface area (Å²) in [6, 6.07) is 18.3. The number of hydrogen-bond donors (Lipinski definition) is 0. The van der Waals surface area contributed by atoms with Gasteiger partial charge in [-0.15, -0.1) is 0 Å². The van der Waals surface area contributed by atoms with Crippen molar-refractivity contribution in [1.29, 1.82) is 0 Å². The van der Waals surface area contributed by atoms with Gasteiger partial charge in [-0.3, -0.25) is 9.80 Å². The van der Waals surface area contributed by atoms with Gasteiger partial charge >= 0.3 is 5.97 Å². The molecule has 174 valence electrons. The normalized spacial score (nSPS) is 21.9. The number of halogens is 2. The summed E-state index contributed by atoms with van der Waals surface area (Å²) in [4.78, 5) is 28.9. The number of ether oxygens (including phenoxy) is 1. The summed E-state index contributed by atoms with van der Waals surface area (Å²) >= 11 is 6.40. The van der Waals surface area contributed by atoms with E-state index in [4.69, 9.17) is 21.4 Å². The van der Waals surface area contributed by atoms with E-state index in [9.17, 15) is 14.0 Å². The lowest BCUT2D eigenvalue weighted by Crippen LogP contribution is -2.51. The van der Waals surface area contributed by atoms with Gasteiger partial charge in [0.1, 0.15) is 11.9 Å². The molecule has 2 atom stereocenters. The van der Waals surface area contributed by atoms with Crippen LogP contribution in [0.1, 0.15) is 28.3 Å². The van der Waals surface area contributed by atoms with E-state index in [0.29, 0.717) is 27.5 Å². The van der Waals surface area contributed by atoms with Gasteiger partial charge in [0.2, 0.25) is 5.91 Å². The van der Waals surface area contributed by atoms with Crippen LogP contribution in [0, 0.1) is 5.82 Å². The van der Waals surface area contributed by atoms with Crippen LogP contribution >= 0.6 is 11.6 Å². The molecule has 0 saturated heterocycles. The fourth-order valence-electron chi connectivity index (χ4n) is 5.46. The summed E-state index contributed by atoms with van der Waals surface area (Å²) in [6.45, 7) is 0. The van der Waals surface area contributed by atoms with Crippen molar-refractivity contribution in [3.05, 3.63) is 99.8 Å². The molecule has 8 heteroatoms. The first-order valence-electron chi connectivity index (χ1n) is 11.0. The Morgan fingerprint density at radius 2 is 1.89 bits per heavy atom. The standard InChI is InChI=1S/C27H19ClFN3O3/c1-31-21-11-9-17(28)13-20(21)27(26(31)34)23(25(33)35-2)30-32-22(15-6-4-3-5-7-15)12-16-8-10-18(29)14-19(16)24(27)32/h3-14,24H,1-2H3/t24-,27+/m0/s1. The number of methoxy groups -OCH3 is 1. The van der Waals surface area contributed by atoms with Crippen LogP contribution in [0.25, 0.3) is 11.8 Å². The molecule has 0 aromatic heterocycles. The number of nitrogens with zero attached hydrogens (tertiary/aromatic N) is 3. The second kappa shape index (κ2) is 7.52. The van der Waals surface area contributed by atoms with E-state index in [2.05, 4.69) is 0 Å². The second-order valence-electron chi connectivity index (χ2n) is 8.69. The Morgan fingerprint density at radius 3 is 2.63 bits per heavy atom. The Balaban J connectivity index is 1.72. The first-order chi connectivity index (χ1) is 16.9. The second-order valence-corrected chi connectivity index (χ2v) is 9.13. The highest BCUT2D eigenvalue weighted by Crippen LogP contribution is 2.59. The minimum Gasteiger partial charge on any atom is -0.464 e. The SMILES string of the molecule is COC(=O)C1=NN2C(c3ccccc3)=Cc3ccc(F)cc3[C@H]2[C@]12C(=O)N(C)c1ccc(Cl)cc12. The Labute approximate surface area is 205 Å². The van der Waals surface area contributed by atoms with Crippen molar-refractivity contribution in [2.24, 2.45) is 5.10 Å². The summed E-state index contributed by atoms with van der Waals surface area (Å²) < 4.78 is 19.7. The number of amides is 1. The molecule has 3 heterocycles. The summed E-state index contributed by atoms with van der Waals surface area (Å²) in [5.74, 6) is -1.55. The third-order valence-electron chi connectivity index (χ3n) is 6.95. The third-order valence-corrected chi connectivity index (χ3v) is 7.19. The average molecular weight is 488 g/mol. The van der Waals surface area contributed by atoms with Gasteiger partial charge in [-0.2, -0.15) is 5.10 Å². The zero-order valence-electron chi connectivity index (χ0n) is 18.8. The maximum atomic E-state index is 14.6. The quantitative estimate of drug-likeness (QED) is 0.488. The van der Waals surface area contributed by atoms with Crippen molar-refractivity contribution in [3.63, 3.8) is 0 Å². The fourth-order valence-corrected chi connectivity index (χ4v) is 5.64. The Hall–Kier alpha value is -3.97. The maximum absolute atomic E-state index is 14.6. The molecule has 1 spiro atoms. The summed E-state index contributed by atoms with van der Waals surface area (Å²) in [6.07, 6.45) is 1.89. The number of likely N-dealkylation sites (N-methyl/N-ethyl adjacent to an activating group) is 1. The molecular formula is C27H19ClFN3O3. The molecule has 0 fully saturated rings. The van der Waals surface area contributed by atoms with Crippen LogP contribution in [0.2, 0.25) is 5.02 Å². The van der Waals surface area contributed by atoms with Gasteiger partial charge in [-0.1, -0.05) is 48.0 Å². The van der Waals surface area contributed by atoms with Crippen LogP contribution in [0.3, 0.4) is 0 Å². The van der Waals surface area contributed by atoms with E-state index in [0.717, 1.165) is 11.1 Å². The van der Waals surface area contributed by atoms with Crippen LogP contribution in [-0.2, 0) is 19.7 Å². The van der Waals surface area contributed by atoms with Crippen LogP contribution in [-0.4, -0.2) is 36.8 Å². The topological polar surface area (TPSA) is 62.2 Å². The highest BCUT2D eigenvalue weighted by atomic mass is 35.5. The molecule has 6 rings (SSSR count). The van der Waals surface area contributed by atoms with Crippen molar-refractivity contribution in [2.45, 2.75) is 11.5 Å². The number of hydrazone groups is 1. The van der Waals surface area contributed by atoms with Crippen LogP contribution in [0.5, 0.6) is 0 Å². The van der Waals surface area contributed by atoms with Gasteiger partial charge in [-0.05, 0) is 53.1 Å². The molecule has 0 N–H and O–H groups in total. The molecule has 0 bridgehead atoms. The van der Waals surface area contributed by atoms with Crippen molar-refractivity contribution in [3.8, 4) is 0 Å². The monoisotopic (exact) mass is 487 g/mol. The Bertz CT molecular complexity index is 1490. The smallest absolute Gasteiger partial charge is 0.355 e. The minimum absolute atomic E-state index is 0.0678. The molecular weight excluding hydrogens is 469 g/mol. The number of esters is 1. The van der Waals surface area contributed by atoms with Crippen molar-refractivity contribution < 1.29 is 18.7 Å². The number of benzene rings is 3. The molecule has 0 unspecified atom stereocenters. The van der Waals surface area contributed by atoms with Gasteiger partial charge in [0.15, 0.2) is 11.1 Å². The van der Waals surface area contributed by atoms with Crippen LogP contribution < -0.4 is 4.90 Å². The average Bonchev–Trinajstić information content (AvgIpc) is 3.33. The van der Waals surface area contributed by atoms with Gasteiger partial charge in [0.25, 0.3) is 0 Å². The van der Waals surface area contributed by atoms with Crippen LogP contribution in [0.4, 0.5) is 10.1 Å². The summed E-state index contributed by atoms with van der Waals surface area (Å²) in [7, 11) is 2.89. The van der Waals surface area contributed by atoms with E-state index in [-0.39, 0.29) is 11.6 Å². The van der Waals surface area contributed by atoms with Gasteiger partial charge in [0, 0.05) is 23.3 Å². The molecule has 3 aromatic rings. The van der Waals surface area contributed by atoms with Gasteiger partial charge in [0.05, 0.1) is 12.8 Å². The highest BCUT2D eigenvalue weighted by molar-refractivity contribution is 6.48. The summed E-state index contributed by atoms with van der Waals surface area (Å²) in [5, 5.41) is 6.76. The molecule has 3 aliphatic heterocycles. The number of fused-ring (bicyclic) bond motifs is 6. The lowest BCUT2D eigenvalue weighted by atomic mass is 9.68. The van der Waals surface area contributed by atoms with E-state index in [1.165, 1.54) is 24.1 Å². The minimum atomic E-state index is -1.58. The predicted octanol–water partition coefficient (Wildman–Crippen LogP) is 4.79. The predicted molar refractivity (Wildman–Crippen MR) is 131 cm³/mol. The molecule has 35 heavy (non-hydrogen) atoms. The fraction of sp³-hybridized carbons (Fsp3) is 0.148. The largest absolute Gasteiger partial charge is 0.464 e. The van der Waals surface area contributed by atoms with E-state index in [1.54, 1.807) is 36.3 Å². The molecule has 0 radical (unpaired) electrons. The third kappa shape index (κ3) is 2.79. The van der Waals surface area contributed by atoms with E-state index in [1.807, 2.05) is 36.4 Å². The summed E-state index contributed by atoms with van der Waals surface area (Å²) in [5.41, 5.74) is 2.27. The number of anilines is 1. The first kappa shape index (κ1) is 21.6. The van der Waals surface area contributed by atoms with Crippen molar-refractivity contribution >= 4 is 46.6 Å². The molecule has 0 saturated carbocycles. The van der Waals surface area contributed by atoms with E-state index >= 15 is 0 Å². The first-order valence-corrected chi connectivity index (χ1v) is 11.4. The van der Waals surface area contributed by atoms with Crippen LogP contribution in [0.15, 0.2) is 71.8 Å². The zero-order chi connectivity index (χ0) is 24.5. The number of hydrogen-bond acceptors (Lipinski definition) is 5. The molecule has 6 nitrogen and oxygen atoms in total. The maximum Gasteiger partial charge on any atom is 0.355 e. The Kier molecular flexibility index (Phi) is 4.63. The molecule has 0 aliphatic carbocycles. The number of carbonyl (C=O) groups is 2. The lowest BCUT2D eigenvalue weighted by Gasteiger charge is -2.39. The van der Waals surface area contributed by atoms with Crippen molar-refractivity contribution in [2.75, 3.05) is 19.1 Å². The van der Waals surface area contributed by atoms with Gasteiger partial charge in [-0.25, -0.2) is 9.18 Å².